The van der Waals surface area contributed by atoms with Crippen molar-refractivity contribution in [3.8, 4) is 0 Å². The van der Waals surface area contributed by atoms with Gasteiger partial charge in [-0.1, -0.05) is 11.6 Å². The summed E-state index contributed by atoms with van der Waals surface area (Å²) in [5.74, 6) is 0.178. The van der Waals surface area contributed by atoms with Gasteiger partial charge in [-0.2, -0.15) is 0 Å². The number of hydrogen-bond acceptors (Lipinski definition) is 4. The second-order valence-electron chi connectivity index (χ2n) is 3.41. The largest absolute Gasteiger partial charge is 0.345 e. The number of anilines is 1. The number of halogens is 1. The summed E-state index contributed by atoms with van der Waals surface area (Å²) in [5.41, 5.74) is 1.66. The van der Waals surface area contributed by atoms with Gasteiger partial charge < -0.3 is 10.3 Å². The number of rotatable bonds is 1. The summed E-state index contributed by atoms with van der Waals surface area (Å²) in [5, 5.41) is 2.87. The van der Waals surface area contributed by atoms with Crippen molar-refractivity contribution >= 4 is 35.0 Å². The molecule has 0 saturated carbocycles. The first kappa shape index (κ1) is 9.98. The van der Waals surface area contributed by atoms with Crippen molar-refractivity contribution in [2.75, 3.05) is 5.32 Å². The molecule has 0 aromatic carbocycles. The third-order valence-electron chi connectivity index (χ3n) is 2.37. The summed E-state index contributed by atoms with van der Waals surface area (Å²) in [6, 6.07) is 0. The Bertz CT molecular complexity index is 620. The number of aromatic amines is 1. The molecule has 3 rings (SSSR count). The zero-order valence-electron chi connectivity index (χ0n) is 8.44. The Kier molecular flexibility index (Phi) is 2.15. The minimum Gasteiger partial charge on any atom is -0.345 e. The number of aromatic nitrogens is 4. The smallest absolute Gasteiger partial charge is 0.257 e. The van der Waals surface area contributed by atoms with Crippen LogP contribution >= 0.6 is 11.6 Å². The molecule has 0 bridgehead atoms. The molecule has 6 nitrogen and oxygen atoms in total. The lowest BCUT2D eigenvalue weighted by molar-refractivity contribution is -0.110. The fraction of sp³-hybridized carbons (Fsp3) is 0. The monoisotopic (exact) mass is 247 g/mol. The van der Waals surface area contributed by atoms with E-state index >= 15 is 0 Å². The molecule has 2 aromatic rings. The average Bonchev–Trinajstić information content (AvgIpc) is 2.89. The van der Waals surface area contributed by atoms with Crippen LogP contribution < -0.4 is 5.32 Å². The third-order valence-corrected chi connectivity index (χ3v) is 2.65. The number of hydrogen-bond donors (Lipinski definition) is 2. The summed E-state index contributed by atoms with van der Waals surface area (Å²) in [7, 11) is 0. The van der Waals surface area contributed by atoms with E-state index in [0.29, 0.717) is 22.6 Å². The minimum atomic E-state index is -0.253. The summed E-state index contributed by atoms with van der Waals surface area (Å²) >= 11 is 5.96. The maximum absolute atomic E-state index is 11.8. The topological polar surface area (TPSA) is 83.6 Å². The van der Waals surface area contributed by atoms with Gasteiger partial charge in [0.1, 0.15) is 17.3 Å². The SMILES string of the molecule is O=C1Nc2ncnc(Cl)c2C1=Cc1cnc[nH]1. The molecule has 2 N–H and O–H groups in total. The van der Waals surface area contributed by atoms with Crippen LogP contribution in [0, 0.1) is 0 Å². The molecule has 0 spiro atoms. The lowest BCUT2D eigenvalue weighted by Crippen LogP contribution is -2.04. The van der Waals surface area contributed by atoms with Gasteiger partial charge in [-0.15, -0.1) is 0 Å². The van der Waals surface area contributed by atoms with E-state index < -0.39 is 0 Å². The zero-order chi connectivity index (χ0) is 11.8. The van der Waals surface area contributed by atoms with Crippen LogP contribution in [0.15, 0.2) is 18.9 Å². The Morgan fingerprint density at radius 3 is 3.00 bits per heavy atom. The highest BCUT2D eigenvalue weighted by molar-refractivity contribution is 6.40. The van der Waals surface area contributed by atoms with E-state index in [1.54, 1.807) is 12.3 Å². The van der Waals surface area contributed by atoms with Gasteiger partial charge in [-0.25, -0.2) is 15.0 Å². The van der Waals surface area contributed by atoms with Crippen molar-refractivity contribution in [1.29, 1.82) is 0 Å². The van der Waals surface area contributed by atoms with Gasteiger partial charge in [0.15, 0.2) is 0 Å². The number of carbonyl (C=O) groups excluding carboxylic acids is 1. The molecule has 0 saturated heterocycles. The zero-order valence-corrected chi connectivity index (χ0v) is 9.19. The first-order valence-electron chi connectivity index (χ1n) is 4.78. The fourth-order valence-electron chi connectivity index (χ4n) is 1.62. The maximum atomic E-state index is 11.8. The van der Waals surface area contributed by atoms with E-state index in [4.69, 9.17) is 11.6 Å². The molecule has 1 aliphatic rings. The minimum absolute atomic E-state index is 0.249. The quantitative estimate of drug-likeness (QED) is 0.588. The van der Waals surface area contributed by atoms with Crippen LogP contribution in [0.25, 0.3) is 11.6 Å². The van der Waals surface area contributed by atoms with E-state index in [9.17, 15) is 4.79 Å². The number of H-pyrrole nitrogens is 1. The van der Waals surface area contributed by atoms with Gasteiger partial charge in [-0.3, -0.25) is 4.79 Å². The first-order valence-corrected chi connectivity index (χ1v) is 5.16. The van der Waals surface area contributed by atoms with Crippen LogP contribution in [-0.4, -0.2) is 25.8 Å². The summed E-state index contributed by atoms with van der Waals surface area (Å²) in [6.07, 6.45) is 6.10. The third kappa shape index (κ3) is 1.58. The van der Waals surface area contributed by atoms with E-state index in [1.165, 1.54) is 12.7 Å². The molecule has 7 heteroatoms. The Hall–Kier alpha value is -2.21. The van der Waals surface area contributed by atoms with Crippen LogP contribution in [0.3, 0.4) is 0 Å². The van der Waals surface area contributed by atoms with Crippen LogP contribution in [-0.2, 0) is 4.79 Å². The van der Waals surface area contributed by atoms with Gasteiger partial charge in [0.25, 0.3) is 5.91 Å². The van der Waals surface area contributed by atoms with Crippen LogP contribution in [0.2, 0.25) is 5.15 Å². The van der Waals surface area contributed by atoms with Crippen molar-refractivity contribution < 1.29 is 4.79 Å². The molecule has 84 valence electrons. The van der Waals surface area contributed by atoms with E-state index in [-0.39, 0.29) is 11.1 Å². The Labute approximate surface area is 101 Å². The molecule has 1 amide bonds. The number of fused-ring (bicyclic) bond motifs is 1. The normalized spacial score (nSPS) is 16.1. The van der Waals surface area contributed by atoms with Crippen molar-refractivity contribution in [2.45, 2.75) is 0 Å². The highest BCUT2D eigenvalue weighted by atomic mass is 35.5. The van der Waals surface area contributed by atoms with Crippen molar-refractivity contribution in [3.05, 3.63) is 35.3 Å². The van der Waals surface area contributed by atoms with Gasteiger partial charge in [0.2, 0.25) is 0 Å². The lowest BCUT2D eigenvalue weighted by atomic mass is 10.1. The number of nitrogens with zero attached hydrogens (tertiary/aromatic N) is 3. The summed E-state index contributed by atoms with van der Waals surface area (Å²) in [6.45, 7) is 0. The van der Waals surface area contributed by atoms with Crippen LogP contribution in [0.1, 0.15) is 11.3 Å². The summed E-state index contributed by atoms with van der Waals surface area (Å²) < 4.78 is 0. The van der Waals surface area contributed by atoms with Gasteiger partial charge in [0.05, 0.1) is 29.4 Å². The summed E-state index contributed by atoms with van der Waals surface area (Å²) in [4.78, 5) is 26.3. The average molecular weight is 248 g/mol. The molecule has 0 atom stereocenters. The molecule has 0 aliphatic carbocycles. The Balaban J connectivity index is 2.17. The standard InChI is InChI=1S/C10H6ClN5O/c11-8-7-6(1-5-2-12-3-13-5)10(17)16-9(7)15-4-14-8/h1-4H,(H,12,13)(H,14,15,16,17). The first-order chi connectivity index (χ1) is 8.25. The molecule has 0 unspecified atom stereocenters. The van der Waals surface area contributed by atoms with E-state index in [2.05, 4.69) is 25.3 Å². The molecule has 0 radical (unpaired) electrons. The maximum Gasteiger partial charge on any atom is 0.257 e. The lowest BCUT2D eigenvalue weighted by Gasteiger charge is -1.98. The molecular weight excluding hydrogens is 242 g/mol. The number of amides is 1. The molecule has 2 aromatic heterocycles. The molecule has 17 heavy (non-hydrogen) atoms. The molecule has 3 heterocycles. The van der Waals surface area contributed by atoms with E-state index in [0.717, 1.165) is 0 Å². The highest BCUT2D eigenvalue weighted by Gasteiger charge is 2.28. The van der Waals surface area contributed by atoms with Gasteiger partial charge >= 0.3 is 0 Å². The number of nitrogens with one attached hydrogen (secondary N) is 2. The van der Waals surface area contributed by atoms with Gasteiger partial charge in [-0.05, 0) is 6.08 Å². The second kappa shape index (κ2) is 3.67. The van der Waals surface area contributed by atoms with Gasteiger partial charge in [0, 0.05) is 0 Å². The van der Waals surface area contributed by atoms with Crippen LogP contribution in [0.4, 0.5) is 5.82 Å². The highest BCUT2D eigenvalue weighted by Crippen LogP contribution is 2.34. The Morgan fingerprint density at radius 1 is 1.35 bits per heavy atom. The predicted molar refractivity (Wildman–Crippen MR) is 62.1 cm³/mol. The molecule has 0 fully saturated rings. The predicted octanol–water partition coefficient (Wildman–Crippen LogP) is 1.35. The number of imidazole rings is 1. The van der Waals surface area contributed by atoms with Crippen molar-refractivity contribution in [2.24, 2.45) is 0 Å². The molecular formula is C10H6ClN5O. The second-order valence-corrected chi connectivity index (χ2v) is 3.77. The van der Waals surface area contributed by atoms with Crippen molar-refractivity contribution in [1.82, 2.24) is 19.9 Å². The van der Waals surface area contributed by atoms with E-state index in [1.807, 2.05) is 0 Å². The fourth-order valence-corrected chi connectivity index (χ4v) is 1.86. The van der Waals surface area contributed by atoms with Crippen LogP contribution in [0.5, 0.6) is 0 Å². The molecule has 1 aliphatic heterocycles. The van der Waals surface area contributed by atoms with Crippen molar-refractivity contribution in [3.63, 3.8) is 0 Å². The number of carbonyl (C=O) groups is 1. The Morgan fingerprint density at radius 2 is 2.24 bits per heavy atom.